The monoisotopic (exact) mass is 326 g/mol. The zero-order valence-electron chi connectivity index (χ0n) is 13.5. The van der Waals surface area contributed by atoms with Crippen molar-refractivity contribution in [3.63, 3.8) is 0 Å². The van der Waals surface area contributed by atoms with Crippen molar-refractivity contribution >= 4 is 5.69 Å². The van der Waals surface area contributed by atoms with Gasteiger partial charge in [-0.05, 0) is 72.3 Å². The average Bonchev–Trinajstić information content (AvgIpc) is 2.94. The number of hydrogen-bond acceptors (Lipinski definition) is 2. The average molecular weight is 326 g/mol. The van der Waals surface area contributed by atoms with Gasteiger partial charge in [0, 0.05) is 30.7 Å². The van der Waals surface area contributed by atoms with Crippen LogP contribution < -0.4 is 10.2 Å². The zero-order chi connectivity index (χ0) is 16.3. The minimum absolute atomic E-state index is 0.510. The molecule has 124 valence electrons. The number of nitrogens with zero attached hydrogens (tertiary/aromatic N) is 1. The molecule has 3 heterocycles. The van der Waals surface area contributed by atoms with Gasteiger partial charge in [-0.15, -0.1) is 0 Å². The fourth-order valence-corrected chi connectivity index (χ4v) is 4.80. The highest BCUT2D eigenvalue weighted by atomic mass is 19.2. The normalized spacial score (nSPS) is 24.7. The van der Waals surface area contributed by atoms with Gasteiger partial charge in [0.25, 0.3) is 0 Å². The number of hydrogen-bond donors (Lipinski definition) is 1. The SMILES string of the molecule is Fc1ccc(-c2cc3c4c(c2)[C@@H]2CNCC[C@@H]2N4CCC3)cc1F. The van der Waals surface area contributed by atoms with Crippen LogP contribution in [0.4, 0.5) is 14.5 Å². The number of benzene rings is 2. The summed E-state index contributed by atoms with van der Waals surface area (Å²) in [6.07, 6.45) is 3.42. The molecule has 0 aliphatic carbocycles. The molecule has 2 aromatic rings. The molecular formula is C20H20F2N2. The van der Waals surface area contributed by atoms with Gasteiger partial charge < -0.3 is 10.2 Å². The van der Waals surface area contributed by atoms with Crippen molar-refractivity contribution < 1.29 is 8.78 Å². The van der Waals surface area contributed by atoms with Gasteiger partial charge in [0.15, 0.2) is 11.6 Å². The predicted molar refractivity (Wildman–Crippen MR) is 91.5 cm³/mol. The number of piperidine rings is 1. The maximum atomic E-state index is 13.7. The van der Waals surface area contributed by atoms with Crippen molar-refractivity contribution in [1.82, 2.24) is 5.32 Å². The van der Waals surface area contributed by atoms with Crippen LogP contribution in [-0.2, 0) is 6.42 Å². The van der Waals surface area contributed by atoms with Crippen LogP contribution in [0.15, 0.2) is 30.3 Å². The first-order valence-corrected chi connectivity index (χ1v) is 8.82. The maximum Gasteiger partial charge on any atom is 0.159 e. The molecule has 0 bridgehead atoms. The topological polar surface area (TPSA) is 15.3 Å². The summed E-state index contributed by atoms with van der Waals surface area (Å²) in [6, 6.07) is 9.21. The summed E-state index contributed by atoms with van der Waals surface area (Å²) in [5.41, 5.74) is 5.95. The largest absolute Gasteiger partial charge is 0.367 e. The standard InChI is InChI=1S/C20H20F2N2/c21-17-4-3-12(10-18(17)22)14-8-13-2-1-7-24-19-5-6-23-11-16(19)15(9-14)20(13)24/h3-4,8-10,16,19,23H,1-2,5-7,11H2/t16-,19-/m0/s1. The van der Waals surface area contributed by atoms with Gasteiger partial charge in [0.2, 0.25) is 0 Å². The Morgan fingerprint density at radius 1 is 1.04 bits per heavy atom. The third-order valence-corrected chi connectivity index (χ3v) is 5.85. The molecular weight excluding hydrogens is 306 g/mol. The molecule has 24 heavy (non-hydrogen) atoms. The number of anilines is 1. The summed E-state index contributed by atoms with van der Waals surface area (Å²) >= 11 is 0. The van der Waals surface area contributed by atoms with Gasteiger partial charge in [0.05, 0.1) is 0 Å². The van der Waals surface area contributed by atoms with Crippen molar-refractivity contribution in [3.8, 4) is 11.1 Å². The lowest BCUT2D eigenvalue weighted by atomic mass is 9.87. The summed E-state index contributed by atoms with van der Waals surface area (Å²) in [4.78, 5) is 2.61. The van der Waals surface area contributed by atoms with Crippen molar-refractivity contribution in [2.75, 3.05) is 24.5 Å². The molecule has 2 nitrogen and oxygen atoms in total. The number of fused-ring (bicyclic) bond motifs is 3. The van der Waals surface area contributed by atoms with Crippen LogP contribution >= 0.6 is 0 Å². The molecule has 0 amide bonds. The van der Waals surface area contributed by atoms with E-state index < -0.39 is 11.6 Å². The highest BCUT2D eigenvalue weighted by Crippen LogP contribution is 2.49. The van der Waals surface area contributed by atoms with Crippen LogP contribution in [-0.4, -0.2) is 25.7 Å². The predicted octanol–water partition coefficient (Wildman–Crippen LogP) is 3.84. The second-order valence-corrected chi connectivity index (χ2v) is 7.17. The molecule has 1 saturated heterocycles. The van der Waals surface area contributed by atoms with Crippen LogP contribution in [0.1, 0.15) is 29.9 Å². The van der Waals surface area contributed by atoms with E-state index in [1.165, 1.54) is 41.8 Å². The van der Waals surface area contributed by atoms with Gasteiger partial charge in [-0.2, -0.15) is 0 Å². The Morgan fingerprint density at radius 3 is 2.83 bits per heavy atom. The Hall–Kier alpha value is -1.94. The summed E-state index contributed by atoms with van der Waals surface area (Å²) in [6.45, 7) is 3.23. The summed E-state index contributed by atoms with van der Waals surface area (Å²) < 4.78 is 26.9. The van der Waals surface area contributed by atoms with Crippen molar-refractivity contribution in [2.45, 2.75) is 31.2 Å². The fourth-order valence-electron chi connectivity index (χ4n) is 4.80. The van der Waals surface area contributed by atoms with E-state index in [-0.39, 0.29) is 0 Å². The van der Waals surface area contributed by atoms with Gasteiger partial charge >= 0.3 is 0 Å². The van der Waals surface area contributed by atoms with Gasteiger partial charge in [0.1, 0.15) is 0 Å². The first-order chi connectivity index (χ1) is 11.7. The number of halogens is 2. The number of aryl methyl sites for hydroxylation is 1. The van der Waals surface area contributed by atoms with Crippen molar-refractivity contribution in [2.24, 2.45) is 0 Å². The molecule has 0 aromatic heterocycles. The molecule has 3 aliphatic rings. The van der Waals surface area contributed by atoms with E-state index in [4.69, 9.17) is 0 Å². The third-order valence-electron chi connectivity index (χ3n) is 5.85. The van der Waals surface area contributed by atoms with Crippen molar-refractivity contribution in [1.29, 1.82) is 0 Å². The number of nitrogens with one attached hydrogen (secondary N) is 1. The van der Waals surface area contributed by atoms with Gasteiger partial charge in [-0.1, -0.05) is 6.07 Å². The molecule has 4 heteroatoms. The molecule has 1 N–H and O–H groups in total. The molecule has 0 saturated carbocycles. The van der Waals surface area contributed by atoms with Gasteiger partial charge in [-0.3, -0.25) is 0 Å². The van der Waals surface area contributed by atoms with E-state index in [9.17, 15) is 8.78 Å². The molecule has 5 rings (SSSR count). The Balaban J connectivity index is 1.67. The van der Waals surface area contributed by atoms with Crippen LogP contribution in [0, 0.1) is 11.6 Å². The first kappa shape index (κ1) is 14.4. The Kier molecular flexibility index (Phi) is 3.17. The molecule has 2 aromatic carbocycles. The second kappa shape index (κ2) is 5.28. The molecule has 2 atom stereocenters. The summed E-state index contributed by atoms with van der Waals surface area (Å²) in [5, 5.41) is 3.52. The van der Waals surface area contributed by atoms with E-state index in [0.717, 1.165) is 37.2 Å². The Labute approximate surface area is 140 Å². The second-order valence-electron chi connectivity index (χ2n) is 7.17. The van der Waals surface area contributed by atoms with Crippen LogP contribution in [0.3, 0.4) is 0 Å². The van der Waals surface area contributed by atoms with E-state index in [1.54, 1.807) is 6.07 Å². The van der Waals surface area contributed by atoms with Crippen LogP contribution in [0.2, 0.25) is 0 Å². The lowest BCUT2D eigenvalue weighted by Crippen LogP contribution is -2.45. The van der Waals surface area contributed by atoms with Crippen LogP contribution in [0.5, 0.6) is 0 Å². The first-order valence-electron chi connectivity index (χ1n) is 8.82. The minimum atomic E-state index is -0.788. The third kappa shape index (κ3) is 2.02. The molecule has 0 spiro atoms. The van der Waals surface area contributed by atoms with Gasteiger partial charge in [-0.25, -0.2) is 8.78 Å². The molecule has 0 radical (unpaired) electrons. The number of rotatable bonds is 1. The van der Waals surface area contributed by atoms with Crippen molar-refractivity contribution in [3.05, 3.63) is 53.1 Å². The Morgan fingerprint density at radius 2 is 1.96 bits per heavy atom. The quantitative estimate of drug-likeness (QED) is 0.856. The molecule has 1 fully saturated rings. The van der Waals surface area contributed by atoms with E-state index in [2.05, 4.69) is 22.3 Å². The zero-order valence-corrected chi connectivity index (χ0v) is 13.5. The molecule has 0 unspecified atom stereocenters. The van der Waals surface area contributed by atoms with E-state index >= 15 is 0 Å². The smallest absolute Gasteiger partial charge is 0.159 e. The van der Waals surface area contributed by atoms with E-state index in [1.807, 2.05) is 0 Å². The van der Waals surface area contributed by atoms with Crippen LogP contribution in [0.25, 0.3) is 11.1 Å². The highest BCUT2D eigenvalue weighted by molar-refractivity contribution is 5.76. The fraction of sp³-hybridized carbons (Fsp3) is 0.400. The lowest BCUT2D eigenvalue weighted by molar-refractivity contribution is 0.400. The Bertz CT molecular complexity index is 818. The van der Waals surface area contributed by atoms with E-state index in [0.29, 0.717) is 12.0 Å². The maximum absolute atomic E-state index is 13.7. The highest BCUT2D eigenvalue weighted by Gasteiger charge is 2.42. The minimum Gasteiger partial charge on any atom is -0.367 e. The lowest BCUT2D eigenvalue weighted by Gasteiger charge is -2.36. The summed E-state index contributed by atoms with van der Waals surface area (Å²) in [7, 11) is 0. The summed E-state index contributed by atoms with van der Waals surface area (Å²) in [5.74, 6) is -1.06. The molecule has 3 aliphatic heterocycles.